The Morgan fingerprint density at radius 2 is 1.91 bits per heavy atom. The average Bonchev–Trinajstić information content (AvgIpc) is 2.81. The van der Waals surface area contributed by atoms with Gasteiger partial charge < -0.3 is 15.0 Å². The lowest BCUT2D eigenvalue weighted by atomic mass is 10.0. The van der Waals surface area contributed by atoms with Gasteiger partial charge in [-0.25, -0.2) is 4.98 Å². The van der Waals surface area contributed by atoms with Gasteiger partial charge in [-0.3, -0.25) is 14.5 Å². The van der Waals surface area contributed by atoms with Crippen molar-refractivity contribution in [2.75, 3.05) is 32.1 Å². The zero-order chi connectivity index (χ0) is 23.8. The van der Waals surface area contributed by atoms with Crippen LogP contribution in [0.15, 0.2) is 48.7 Å². The Kier molecular flexibility index (Phi) is 8.83. The predicted molar refractivity (Wildman–Crippen MR) is 130 cm³/mol. The van der Waals surface area contributed by atoms with Gasteiger partial charge in [0.15, 0.2) is 0 Å². The molecule has 1 saturated heterocycles. The Balaban J connectivity index is 1.78. The largest absolute Gasteiger partial charge is 0.469 e. The van der Waals surface area contributed by atoms with Crippen molar-refractivity contribution < 1.29 is 14.3 Å². The first kappa shape index (κ1) is 24.7. The number of anilines is 1. The van der Waals surface area contributed by atoms with Gasteiger partial charge >= 0.3 is 5.97 Å². The van der Waals surface area contributed by atoms with Crippen LogP contribution in [0.2, 0.25) is 0 Å². The molecule has 1 aliphatic rings. The van der Waals surface area contributed by atoms with Gasteiger partial charge in [-0.05, 0) is 37.0 Å². The van der Waals surface area contributed by atoms with Crippen LogP contribution in [0.5, 0.6) is 0 Å². The molecule has 2 atom stereocenters. The van der Waals surface area contributed by atoms with Crippen molar-refractivity contribution in [2.45, 2.75) is 52.2 Å². The first-order chi connectivity index (χ1) is 15.9. The summed E-state index contributed by atoms with van der Waals surface area (Å²) in [7, 11) is 1.41. The molecular formula is C26H36N4O3. The topological polar surface area (TPSA) is 74.8 Å². The predicted octanol–water partition coefficient (Wildman–Crippen LogP) is 3.82. The van der Waals surface area contributed by atoms with E-state index < -0.39 is 0 Å². The normalized spacial score (nSPS) is 18.9. The van der Waals surface area contributed by atoms with Gasteiger partial charge in [0.2, 0.25) is 0 Å². The lowest BCUT2D eigenvalue weighted by Crippen LogP contribution is -2.59. The van der Waals surface area contributed by atoms with Crippen molar-refractivity contribution in [2.24, 2.45) is 5.92 Å². The lowest BCUT2D eigenvalue weighted by Gasteiger charge is -2.45. The Morgan fingerprint density at radius 3 is 2.61 bits per heavy atom. The van der Waals surface area contributed by atoms with E-state index in [4.69, 9.17) is 4.74 Å². The zero-order valence-corrected chi connectivity index (χ0v) is 20.2. The van der Waals surface area contributed by atoms with Crippen LogP contribution >= 0.6 is 0 Å². The highest BCUT2D eigenvalue weighted by atomic mass is 16.5. The second-order valence-electron chi connectivity index (χ2n) is 9.16. The van der Waals surface area contributed by atoms with Crippen molar-refractivity contribution in [1.29, 1.82) is 0 Å². The number of esters is 1. The van der Waals surface area contributed by atoms with Crippen molar-refractivity contribution in [3.05, 3.63) is 59.8 Å². The first-order valence-electron chi connectivity index (χ1n) is 11.7. The minimum absolute atomic E-state index is 0.0591. The van der Waals surface area contributed by atoms with Crippen LogP contribution in [0.1, 0.15) is 49.5 Å². The molecule has 1 aliphatic heterocycles. The van der Waals surface area contributed by atoms with Crippen molar-refractivity contribution >= 4 is 17.7 Å². The maximum atomic E-state index is 13.5. The number of piperazine rings is 1. The van der Waals surface area contributed by atoms with Crippen LogP contribution < -0.4 is 5.32 Å². The minimum Gasteiger partial charge on any atom is -0.469 e. The molecule has 0 saturated carbocycles. The van der Waals surface area contributed by atoms with Gasteiger partial charge in [-0.2, -0.15) is 0 Å². The molecule has 1 aromatic heterocycles. The second kappa shape index (κ2) is 11.8. The number of pyridine rings is 1. The van der Waals surface area contributed by atoms with Gasteiger partial charge in [-0.1, -0.05) is 44.2 Å². The summed E-state index contributed by atoms with van der Waals surface area (Å²) in [5.41, 5.74) is 1.75. The quantitative estimate of drug-likeness (QED) is 0.583. The number of hydrogen-bond acceptors (Lipinski definition) is 6. The standard InChI is InChI=1S/C26H36N4O3/c1-19(2)12-14-28-25-23(11-8-13-27-25)26(32)29-16-20(3)30(17-21-9-6-5-7-10-21)22(18-29)15-24(31)33-4/h5-11,13,19-20,22H,12,14-18H2,1-4H3,(H,27,28)/t20-,22-/m0/s1. The number of nitrogens with one attached hydrogen (secondary N) is 1. The van der Waals surface area contributed by atoms with E-state index in [0.29, 0.717) is 30.4 Å². The van der Waals surface area contributed by atoms with Crippen LogP contribution in [0.25, 0.3) is 0 Å². The number of carbonyl (C=O) groups excluding carboxylic acids is 2. The number of carbonyl (C=O) groups is 2. The highest BCUT2D eigenvalue weighted by Crippen LogP contribution is 2.24. The molecule has 0 radical (unpaired) electrons. The highest BCUT2D eigenvalue weighted by molar-refractivity contribution is 5.98. The maximum absolute atomic E-state index is 13.5. The third-order valence-electron chi connectivity index (χ3n) is 6.13. The molecule has 1 N–H and O–H groups in total. The van der Waals surface area contributed by atoms with Crippen LogP contribution in [0, 0.1) is 5.92 Å². The van der Waals surface area contributed by atoms with E-state index in [1.807, 2.05) is 29.2 Å². The van der Waals surface area contributed by atoms with E-state index in [0.717, 1.165) is 19.5 Å². The van der Waals surface area contributed by atoms with Crippen LogP contribution in [0.3, 0.4) is 0 Å². The molecule has 2 heterocycles. The smallest absolute Gasteiger partial charge is 0.307 e. The molecule has 2 aromatic rings. The summed E-state index contributed by atoms with van der Waals surface area (Å²) in [5, 5.41) is 3.33. The minimum atomic E-state index is -0.267. The lowest BCUT2D eigenvalue weighted by molar-refractivity contribution is -0.143. The molecule has 33 heavy (non-hydrogen) atoms. The molecule has 3 rings (SSSR count). The summed E-state index contributed by atoms with van der Waals surface area (Å²) >= 11 is 0. The summed E-state index contributed by atoms with van der Waals surface area (Å²) in [6.45, 7) is 8.99. The van der Waals surface area contributed by atoms with E-state index in [1.54, 1.807) is 12.3 Å². The van der Waals surface area contributed by atoms with E-state index in [9.17, 15) is 9.59 Å². The number of ether oxygens (including phenoxy) is 1. The number of rotatable bonds is 9. The van der Waals surface area contributed by atoms with Crippen LogP contribution in [0.4, 0.5) is 5.82 Å². The number of methoxy groups -OCH3 is 1. The fourth-order valence-electron chi connectivity index (χ4n) is 4.29. The van der Waals surface area contributed by atoms with Crippen molar-refractivity contribution in [1.82, 2.24) is 14.8 Å². The first-order valence-corrected chi connectivity index (χ1v) is 11.7. The van der Waals surface area contributed by atoms with Crippen LogP contribution in [-0.2, 0) is 16.1 Å². The third-order valence-corrected chi connectivity index (χ3v) is 6.13. The SMILES string of the molecule is COC(=O)C[C@H]1CN(C(=O)c2cccnc2NCCC(C)C)C[C@H](C)N1Cc1ccccc1. The Morgan fingerprint density at radius 1 is 1.15 bits per heavy atom. The molecule has 178 valence electrons. The molecule has 0 spiro atoms. The average molecular weight is 453 g/mol. The molecular weight excluding hydrogens is 416 g/mol. The Labute approximate surface area is 197 Å². The highest BCUT2D eigenvalue weighted by Gasteiger charge is 2.36. The van der Waals surface area contributed by atoms with Gasteiger partial charge in [0.1, 0.15) is 5.82 Å². The fourth-order valence-corrected chi connectivity index (χ4v) is 4.29. The Hall–Kier alpha value is -2.93. The number of nitrogens with zero attached hydrogens (tertiary/aromatic N) is 3. The summed E-state index contributed by atoms with van der Waals surface area (Å²) in [6, 6.07) is 13.8. The summed E-state index contributed by atoms with van der Waals surface area (Å²) in [6.07, 6.45) is 2.94. The molecule has 7 heteroatoms. The van der Waals surface area contributed by atoms with Crippen molar-refractivity contribution in [3.63, 3.8) is 0 Å². The van der Waals surface area contributed by atoms with Gasteiger partial charge in [0, 0.05) is 44.5 Å². The number of aromatic nitrogens is 1. The maximum Gasteiger partial charge on any atom is 0.307 e. The number of benzene rings is 1. The van der Waals surface area contributed by atoms with E-state index in [2.05, 4.69) is 48.1 Å². The Bertz CT molecular complexity index is 919. The van der Waals surface area contributed by atoms with Crippen LogP contribution in [-0.4, -0.2) is 65.5 Å². The van der Waals surface area contributed by atoms with Gasteiger partial charge in [-0.15, -0.1) is 0 Å². The van der Waals surface area contributed by atoms with Crippen molar-refractivity contribution in [3.8, 4) is 0 Å². The fraction of sp³-hybridized carbons (Fsp3) is 0.500. The summed E-state index contributed by atoms with van der Waals surface area (Å²) in [5.74, 6) is 0.859. The zero-order valence-electron chi connectivity index (χ0n) is 20.2. The molecule has 1 aromatic carbocycles. The van der Waals surface area contributed by atoms with E-state index >= 15 is 0 Å². The molecule has 0 unspecified atom stereocenters. The van der Waals surface area contributed by atoms with E-state index in [1.165, 1.54) is 12.7 Å². The second-order valence-corrected chi connectivity index (χ2v) is 9.16. The molecule has 1 amide bonds. The monoisotopic (exact) mass is 452 g/mol. The molecule has 7 nitrogen and oxygen atoms in total. The molecule has 0 bridgehead atoms. The summed E-state index contributed by atoms with van der Waals surface area (Å²) in [4.78, 5) is 34.3. The molecule has 1 fully saturated rings. The third kappa shape index (κ3) is 6.78. The van der Waals surface area contributed by atoms with Gasteiger partial charge in [0.25, 0.3) is 5.91 Å². The van der Waals surface area contributed by atoms with Gasteiger partial charge in [0.05, 0.1) is 19.1 Å². The number of hydrogen-bond donors (Lipinski definition) is 1. The molecule has 0 aliphatic carbocycles. The van der Waals surface area contributed by atoms with E-state index in [-0.39, 0.29) is 30.4 Å². The summed E-state index contributed by atoms with van der Waals surface area (Å²) < 4.78 is 4.96. The number of amides is 1.